The molecule has 126 valence electrons. The summed E-state index contributed by atoms with van der Waals surface area (Å²) in [4.78, 5) is 2.67. The average Bonchev–Trinajstić information content (AvgIpc) is 2.81. The maximum Gasteiger partial charge on any atom is 0.453 e. The Morgan fingerprint density at radius 3 is 2.26 bits per heavy atom. The van der Waals surface area contributed by atoms with Crippen LogP contribution in [0.15, 0.2) is 17.0 Å². The highest BCUT2D eigenvalue weighted by Gasteiger charge is 2.37. The Morgan fingerprint density at radius 1 is 1.17 bits per heavy atom. The summed E-state index contributed by atoms with van der Waals surface area (Å²) in [6, 6.07) is 2.27. The van der Waals surface area contributed by atoms with Crippen molar-refractivity contribution in [2.24, 2.45) is 0 Å². The monoisotopic (exact) mass is 352 g/mol. The fourth-order valence-corrected chi connectivity index (χ4v) is 2.77. The van der Waals surface area contributed by atoms with Crippen LogP contribution in [-0.2, 0) is 16.4 Å². The van der Waals surface area contributed by atoms with E-state index >= 15 is 0 Å². The molecule has 0 bridgehead atoms. The van der Waals surface area contributed by atoms with Crippen LogP contribution in [0.25, 0.3) is 5.69 Å². The molecule has 0 unspecified atom stereocenters. The number of nitrogens with one attached hydrogen (secondary N) is 1. The molecule has 1 N–H and O–H groups in total. The standard InChI is InChI=1S/C12H12F4N4O2S/c1-6-4-7(2)9(23(16,21)22)5-8(6)20-11(17-3)18-10(19-20)12(13,14)15/h4-5H,1-3H3,(H,17,18,19). The minimum absolute atomic E-state index is 0.0285. The summed E-state index contributed by atoms with van der Waals surface area (Å²) >= 11 is 0. The predicted octanol–water partition coefficient (Wildman–Crippen LogP) is 2.60. The van der Waals surface area contributed by atoms with Crippen LogP contribution in [-0.4, -0.2) is 30.2 Å². The minimum Gasteiger partial charge on any atom is -0.357 e. The number of benzene rings is 1. The molecule has 0 saturated carbocycles. The van der Waals surface area contributed by atoms with Crippen molar-refractivity contribution in [1.82, 2.24) is 14.8 Å². The van der Waals surface area contributed by atoms with Gasteiger partial charge in [0.25, 0.3) is 5.82 Å². The topological polar surface area (TPSA) is 76.9 Å². The van der Waals surface area contributed by atoms with Gasteiger partial charge < -0.3 is 5.32 Å². The third-order valence-electron chi connectivity index (χ3n) is 3.07. The van der Waals surface area contributed by atoms with Crippen molar-refractivity contribution in [2.45, 2.75) is 24.9 Å². The first-order valence-electron chi connectivity index (χ1n) is 6.23. The Balaban J connectivity index is 2.74. The second kappa shape index (κ2) is 5.48. The molecular formula is C12H12F4N4O2S. The maximum atomic E-state index is 13.3. The van der Waals surface area contributed by atoms with Gasteiger partial charge in [0.05, 0.1) is 5.69 Å². The molecule has 1 heterocycles. The average molecular weight is 352 g/mol. The number of aromatic nitrogens is 3. The van der Waals surface area contributed by atoms with Crippen LogP contribution in [0.1, 0.15) is 17.0 Å². The molecule has 0 atom stereocenters. The summed E-state index contributed by atoms with van der Waals surface area (Å²) in [5.74, 6) is -1.65. The molecule has 0 fully saturated rings. The third-order valence-corrected chi connectivity index (χ3v) is 4.03. The molecule has 0 radical (unpaired) electrons. The number of aryl methyl sites for hydroxylation is 2. The van der Waals surface area contributed by atoms with Gasteiger partial charge in [0.15, 0.2) is 0 Å². The van der Waals surface area contributed by atoms with Crippen LogP contribution in [0.5, 0.6) is 0 Å². The summed E-state index contributed by atoms with van der Waals surface area (Å²) in [6.45, 7) is 2.91. The zero-order valence-corrected chi connectivity index (χ0v) is 13.0. The normalized spacial score (nSPS) is 12.5. The fraction of sp³-hybridized carbons (Fsp3) is 0.333. The van der Waals surface area contributed by atoms with Gasteiger partial charge in [-0.05, 0) is 31.0 Å². The zero-order chi connectivity index (χ0) is 17.6. The van der Waals surface area contributed by atoms with E-state index in [2.05, 4.69) is 15.4 Å². The molecule has 0 saturated heterocycles. The molecule has 6 nitrogen and oxygen atoms in total. The molecule has 23 heavy (non-hydrogen) atoms. The largest absolute Gasteiger partial charge is 0.453 e. The number of halogens is 4. The first-order chi connectivity index (χ1) is 10.4. The summed E-state index contributed by atoms with van der Waals surface area (Å²) in [7, 11) is -3.70. The molecule has 2 aromatic rings. The van der Waals surface area contributed by atoms with Crippen LogP contribution >= 0.6 is 0 Å². The molecule has 0 aliphatic rings. The third kappa shape index (κ3) is 3.28. The molecule has 0 amide bonds. The van der Waals surface area contributed by atoms with Crippen molar-refractivity contribution >= 4 is 16.2 Å². The molecule has 0 spiro atoms. The van der Waals surface area contributed by atoms with Crippen molar-refractivity contribution in [3.05, 3.63) is 29.1 Å². The van der Waals surface area contributed by atoms with E-state index in [4.69, 9.17) is 0 Å². The Bertz CT molecular complexity index is 859. The van der Waals surface area contributed by atoms with Crippen LogP contribution < -0.4 is 5.32 Å². The van der Waals surface area contributed by atoms with Crippen LogP contribution in [0.3, 0.4) is 0 Å². The number of hydrogen-bond donors (Lipinski definition) is 1. The van der Waals surface area contributed by atoms with Gasteiger partial charge in [0.1, 0.15) is 4.90 Å². The Labute approximate surface area is 129 Å². The van der Waals surface area contributed by atoms with Gasteiger partial charge in [-0.15, -0.1) is 8.98 Å². The van der Waals surface area contributed by atoms with Crippen LogP contribution in [0.4, 0.5) is 23.0 Å². The van der Waals surface area contributed by atoms with Crippen LogP contribution in [0.2, 0.25) is 0 Å². The van der Waals surface area contributed by atoms with Crippen LogP contribution in [0, 0.1) is 13.8 Å². The molecular weight excluding hydrogens is 340 g/mol. The first kappa shape index (κ1) is 17.2. The fourth-order valence-electron chi connectivity index (χ4n) is 2.07. The SMILES string of the molecule is CNc1nc(C(F)(F)F)nn1-c1cc(S(=O)(=O)F)c(C)cc1C. The summed E-state index contributed by atoms with van der Waals surface area (Å²) in [5.41, 5.74) is 0.514. The highest BCUT2D eigenvalue weighted by Crippen LogP contribution is 2.30. The van der Waals surface area contributed by atoms with Crippen molar-refractivity contribution in [2.75, 3.05) is 12.4 Å². The Hall–Kier alpha value is -2.17. The van der Waals surface area contributed by atoms with E-state index < -0.39 is 27.1 Å². The lowest BCUT2D eigenvalue weighted by molar-refractivity contribution is -0.144. The minimum atomic E-state index is -5.03. The van der Waals surface area contributed by atoms with E-state index in [9.17, 15) is 25.5 Å². The van der Waals surface area contributed by atoms with Gasteiger partial charge in [-0.1, -0.05) is 6.07 Å². The number of nitrogens with zero attached hydrogens (tertiary/aromatic N) is 3. The Morgan fingerprint density at radius 2 is 1.78 bits per heavy atom. The van der Waals surface area contributed by atoms with Gasteiger partial charge >= 0.3 is 16.4 Å². The summed E-state index contributed by atoms with van der Waals surface area (Å²) < 4.78 is 74.7. The lowest BCUT2D eigenvalue weighted by Crippen LogP contribution is -2.10. The van der Waals surface area contributed by atoms with E-state index in [-0.39, 0.29) is 17.2 Å². The van der Waals surface area contributed by atoms with E-state index in [1.54, 1.807) is 0 Å². The van der Waals surface area contributed by atoms with E-state index in [1.807, 2.05) is 0 Å². The zero-order valence-electron chi connectivity index (χ0n) is 12.2. The molecule has 1 aromatic carbocycles. The highest BCUT2D eigenvalue weighted by atomic mass is 32.3. The van der Waals surface area contributed by atoms with Gasteiger partial charge in [-0.25, -0.2) is 0 Å². The van der Waals surface area contributed by atoms with Crippen molar-refractivity contribution in [3.63, 3.8) is 0 Å². The quantitative estimate of drug-likeness (QED) is 0.679. The molecule has 11 heteroatoms. The van der Waals surface area contributed by atoms with Gasteiger partial charge in [-0.3, -0.25) is 0 Å². The Kier molecular flexibility index (Phi) is 4.09. The molecule has 1 aromatic heterocycles. The molecule has 2 rings (SSSR count). The van der Waals surface area contributed by atoms with E-state index in [1.165, 1.54) is 27.0 Å². The lowest BCUT2D eigenvalue weighted by atomic mass is 10.1. The number of alkyl halides is 3. The number of hydrogen-bond acceptors (Lipinski definition) is 5. The van der Waals surface area contributed by atoms with Crippen molar-refractivity contribution < 1.29 is 25.5 Å². The van der Waals surface area contributed by atoms with Crippen molar-refractivity contribution in [3.8, 4) is 5.69 Å². The van der Waals surface area contributed by atoms with E-state index in [0.717, 1.165) is 10.7 Å². The van der Waals surface area contributed by atoms with Gasteiger partial charge in [0.2, 0.25) is 5.95 Å². The second-order valence-corrected chi connectivity index (χ2v) is 6.08. The molecule has 0 aliphatic heterocycles. The molecule has 0 aliphatic carbocycles. The van der Waals surface area contributed by atoms with E-state index in [0.29, 0.717) is 5.56 Å². The smallest absolute Gasteiger partial charge is 0.357 e. The van der Waals surface area contributed by atoms with Gasteiger partial charge in [0, 0.05) is 7.05 Å². The lowest BCUT2D eigenvalue weighted by Gasteiger charge is -2.11. The first-order valence-corrected chi connectivity index (χ1v) is 7.61. The summed E-state index contributed by atoms with van der Waals surface area (Å²) in [5, 5.41) is 5.77. The summed E-state index contributed by atoms with van der Waals surface area (Å²) in [6.07, 6.45) is -4.77. The van der Waals surface area contributed by atoms with Crippen molar-refractivity contribution in [1.29, 1.82) is 0 Å². The second-order valence-electron chi connectivity index (χ2n) is 4.76. The number of anilines is 1. The predicted molar refractivity (Wildman–Crippen MR) is 73.7 cm³/mol. The maximum absolute atomic E-state index is 13.3. The number of rotatable bonds is 3. The van der Waals surface area contributed by atoms with Gasteiger partial charge in [-0.2, -0.15) is 31.3 Å². The highest BCUT2D eigenvalue weighted by molar-refractivity contribution is 7.86.